The van der Waals surface area contributed by atoms with E-state index in [1.165, 1.54) is 23.0 Å². The number of benzene rings is 1. The summed E-state index contributed by atoms with van der Waals surface area (Å²) >= 11 is 0. The highest BCUT2D eigenvalue weighted by atomic mass is 19.1. The molecule has 4 rings (SSSR count). The molecule has 0 aliphatic heterocycles. The number of allylic oxidation sites excluding steroid dienone is 4. The monoisotopic (exact) mass is 476 g/mol. The van der Waals surface area contributed by atoms with E-state index in [9.17, 15) is 9.18 Å². The van der Waals surface area contributed by atoms with E-state index < -0.39 is 11.4 Å². The molecule has 35 heavy (non-hydrogen) atoms. The minimum atomic E-state index is -0.566. The molecule has 11 heteroatoms. The summed E-state index contributed by atoms with van der Waals surface area (Å²) in [5.74, 6) is 1.21. The maximum absolute atomic E-state index is 14.0. The Labute approximate surface area is 200 Å². The van der Waals surface area contributed by atoms with Crippen molar-refractivity contribution >= 4 is 28.2 Å². The van der Waals surface area contributed by atoms with Crippen molar-refractivity contribution in [1.82, 2.24) is 29.7 Å². The molecule has 0 aliphatic rings. The van der Waals surface area contributed by atoms with Crippen molar-refractivity contribution in [3.63, 3.8) is 0 Å². The number of hydrogen-bond acceptors (Lipinski definition) is 9. The lowest BCUT2D eigenvalue weighted by atomic mass is 10.2. The summed E-state index contributed by atoms with van der Waals surface area (Å²) in [5, 5.41) is 3.62. The van der Waals surface area contributed by atoms with Crippen LogP contribution in [0.25, 0.3) is 28.1 Å². The fraction of sp³-hybridized carbons (Fsp3) is 0.167. The highest BCUT2D eigenvalue weighted by Gasteiger charge is 2.16. The predicted molar refractivity (Wildman–Crippen MR) is 134 cm³/mol. The van der Waals surface area contributed by atoms with Gasteiger partial charge in [-0.15, -0.1) is 0 Å². The van der Waals surface area contributed by atoms with Gasteiger partial charge in [-0.3, -0.25) is 9.36 Å². The molecule has 0 saturated carbocycles. The molecule has 180 valence electrons. The number of halogens is 1. The maximum atomic E-state index is 14.0. The molecule has 0 amide bonds. The van der Waals surface area contributed by atoms with Crippen LogP contribution in [0.4, 0.5) is 16.0 Å². The van der Waals surface area contributed by atoms with Crippen LogP contribution in [0.15, 0.2) is 65.2 Å². The van der Waals surface area contributed by atoms with Gasteiger partial charge in [0.2, 0.25) is 0 Å². The molecule has 0 fully saturated rings. The van der Waals surface area contributed by atoms with Crippen molar-refractivity contribution in [2.24, 2.45) is 0 Å². The smallest absolute Gasteiger partial charge is 0.268 e. The first-order chi connectivity index (χ1) is 16.8. The van der Waals surface area contributed by atoms with Gasteiger partial charge in [0.15, 0.2) is 5.82 Å². The van der Waals surface area contributed by atoms with Gasteiger partial charge in [0.1, 0.15) is 40.6 Å². The lowest BCUT2D eigenvalue weighted by molar-refractivity contribution is 0.425. The Kier molecular flexibility index (Phi) is 7.82. The van der Waals surface area contributed by atoms with Crippen molar-refractivity contribution in [3.8, 4) is 11.5 Å². The van der Waals surface area contributed by atoms with Crippen molar-refractivity contribution in [1.29, 1.82) is 0 Å². The molecule has 0 unspecified atom stereocenters. The average molecular weight is 477 g/mol. The molecule has 3 aromatic heterocycles. The Morgan fingerprint density at radius 3 is 2.49 bits per heavy atom. The first-order valence-corrected chi connectivity index (χ1v) is 10.6. The van der Waals surface area contributed by atoms with Gasteiger partial charge >= 0.3 is 0 Å². The van der Waals surface area contributed by atoms with Crippen LogP contribution >= 0.6 is 0 Å². The van der Waals surface area contributed by atoms with Gasteiger partial charge in [0.05, 0.1) is 5.52 Å². The van der Waals surface area contributed by atoms with E-state index in [1.54, 1.807) is 31.2 Å². The van der Waals surface area contributed by atoms with Crippen LogP contribution in [0.3, 0.4) is 0 Å². The number of nitrogens with zero attached hydrogens (tertiary/aromatic N) is 6. The first kappa shape index (κ1) is 25.0. The van der Waals surface area contributed by atoms with E-state index in [1.807, 2.05) is 6.92 Å². The Hall–Kier alpha value is -4.67. The molecular weight excluding hydrogens is 451 g/mol. The van der Waals surface area contributed by atoms with Crippen molar-refractivity contribution in [2.45, 2.75) is 26.7 Å². The molecule has 4 N–H and O–H groups in total. The van der Waals surface area contributed by atoms with Crippen LogP contribution in [0.2, 0.25) is 0 Å². The molecule has 0 aliphatic carbocycles. The number of nitrogen functional groups attached to an aromatic ring is 2. The number of aromatic nitrogens is 6. The zero-order chi connectivity index (χ0) is 25.5. The largest absolute Gasteiger partial charge is 0.383 e. The van der Waals surface area contributed by atoms with Crippen molar-refractivity contribution in [2.75, 3.05) is 11.5 Å². The molecule has 1 aromatic carbocycles. The Bertz CT molecular complexity index is 1450. The number of aryl methyl sites for hydroxylation is 2. The molecule has 0 bridgehead atoms. The third-order valence-corrected chi connectivity index (χ3v) is 4.79. The minimum absolute atomic E-state index is 0.00540. The summed E-state index contributed by atoms with van der Waals surface area (Å²) in [6.07, 6.45) is 7.47. The topological polar surface area (TPSA) is 152 Å². The summed E-state index contributed by atoms with van der Waals surface area (Å²) in [6.45, 7) is 11.0. The summed E-state index contributed by atoms with van der Waals surface area (Å²) in [5.41, 5.74) is 12.1. The summed E-state index contributed by atoms with van der Waals surface area (Å²) in [4.78, 5) is 28.7. The van der Waals surface area contributed by atoms with Gasteiger partial charge < -0.3 is 16.0 Å². The van der Waals surface area contributed by atoms with Crippen LogP contribution < -0.4 is 17.0 Å². The molecule has 4 aromatic rings. The molecule has 10 nitrogen and oxygen atoms in total. The zero-order valence-electron chi connectivity index (χ0n) is 19.4. The van der Waals surface area contributed by atoms with E-state index in [0.717, 1.165) is 6.42 Å². The van der Waals surface area contributed by atoms with Gasteiger partial charge in [0.25, 0.3) is 11.4 Å². The average Bonchev–Trinajstić information content (AvgIpc) is 3.24. The standard InChI is InChI=1S/C17H17FN2O.C7H8N6O/c1-4-8-12(6-3)20-15(9-5-2)19-14-11-7-10-13(18)16(14)17(20)21;1-3-12-7(14-13-3)4-5(8)10-2-11-6(4)9/h4,6-8,10-11H,1,3,5,9H2,2H3;2H,1H3,(H4,8,9,10,11)/b12-8+;. The minimum Gasteiger partial charge on any atom is -0.383 e. The fourth-order valence-electron chi connectivity index (χ4n) is 3.28. The third-order valence-electron chi connectivity index (χ3n) is 4.79. The second-order valence-electron chi connectivity index (χ2n) is 7.25. The second-order valence-corrected chi connectivity index (χ2v) is 7.25. The van der Waals surface area contributed by atoms with E-state index in [0.29, 0.717) is 34.8 Å². The SMILES string of the molecule is C=C/C=C(\C=C)n1c(CCC)nc2cccc(F)c2c1=O.Cc1noc(-c2c(N)ncnc2N)n1. The third kappa shape index (κ3) is 5.29. The van der Waals surface area contributed by atoms with Crippen LogP contribution in [0, 0.1) is 12.7 Å². The van der Waals surface area contributed by atoms with E-state index in [4.69, 9.17) is 16.0 Å². The van der Waals surface area contributed by atoms with Crippen LogP contribution in [0.5, 0.6) is 0 Å². The van der Waals surface area contributed by atoms with Crippen LogP contribution in [-0.2, 0) is 6.42 Å². The van der Waals surface area contributed by atoms with Crippen LogP contribution in [0.1, 0.15) is 25.0 Å². The highest BCUT2D eigenvalue weighted by molar-refractivity contribution is 5.79. The molecular formula is C24H25FN8O2. The Morgan fingerprint density at radius 1 is 1.20 bits per heavy atom. The fourth-order valence-corrected chi connectivity index (χ4v) is 3.28. The zero-order valence-corrected chi connectivity index (χ0v) is 19.4. The number of nitrogens with two attached hydrogens (primary N) is 2. The molecule has 0 radical (unpaired) electrons. The quantitative estimate of drug-likeness (QED) is 0.397. The Morgan fingerprint density at radius 2 is 1.91 bits per heavy atom. The summed E-state index contributed by atoms with van der Waals surface area (Å²) < 4.78 is 20.3. The van der Waals surface area contributed by atoms with Gasteiger partial charge in [-0.25, -0.2) is 19.3 Å². The van der Waals surface area contributed by atoms with E-state index in [-0.39, 0.29) is 22.9 Å². The van der Waals surface area contributed by atoms with Crippen molar-refractivity contribution in [3.05, 3.63) is 83.7 Å². The highest BCUT2D eigenvalue weighted by Crippen LogP contribution is 2.26. The first-order valence-electron chi connectivity index (χ1n) is 10.6. The summed E-state index contributed by atoms with van der Waals surface area (Å²) in [6, 6.07) is 4.46. The molecule has 0 saturated heterocycles. The number of anilines is 2. The number of rotatable bonds is 6. The number of hydrogen-bond donors (Lipinski definition) is 2. The van der Waals surface area contributed by atoms with Crippen LogP contribution in [-0.4, -0.2) is 29.7 Å². The molecule has 0 spiro atoms. The van der Waals surface area contributed by atoms with Gasteiger partial charge in [-0.05, 0) is 37.6 Å². The van der Waals surface area contributed by atoms with Gasteiger partial charge in [0, 0.05) is 12.1 Å². The van der Waals surface area contributed by atoms with Gasteiger partial charge in [-0.1, -0.05) is 37.4 Å². The molecule has 3 heterocycles. The lowest BCUT2D eigenvalue weighted by Gasteiger charge is -2.13. The summed E-state index contributed by atoms with van der Waals surface area (Å²) in [7, 11) is 0. The lowest BCUT2D eigenvalue weighted by Crippen LogP contribution is -2.25. The van der Waals surface area contributed by atoms with E-state index in [2.05, 4.69) is 38.3 Å². The normalized spacial score (nSPS) is 11.1. The number of fused-ring (bicyclic) bond motifs is 1. The van der Waals surface area contributed by atoms with Gasteiger partial charge in [-0.2, -0.15) is 4.98 Å². The predicted octanol–water partition coefficient (Wildman–Crippen LogP) is 3.70. The maximum Gasteiger partial charge on any atom is 0.268 e. The second kappa shape index (κ2) is 11.0. The van der Waals surface area contributed by atoms with Crippen molar-refractivity contribution < 1.29 is 8.91 Å². The van der Waals surface area contributed by atoms with E-state index >= 15 is 0 Å². The molecule has 0 atom stereocenters. The Balaban J connectivity index is 0.000000211.